The van der Waals surface area contributed by atoms with E-state index >= 15 is 0 Å². The second kappa shape index (κ2) is 7.45. The summed E-state index contributed by atoms with van der Waals surface area (Å²) < 4.78 is 0. The van der Waals surface area contributed by atoms with Crippen LogP contribution in [0.1, 0.15) is 15.9 Å². The first kappa shape index (κ1) is 15.1. The van der Waals surface area contributed by atoms with E-state index in [2.05, 4.69) is 10.3 Å². The summed E-state index contributed by atoms with van der Waals surface area (Å²) in [6.45, 7) is 0.499. The molecule has 0 spiro atoms. The van der Waals surface area contributed by atoms with Gasteiger partial charge in [-0.3, -0.25) is 4.79 Å². The number of nitrogens with two attached hydrogens (primary N) is 1. The number of hydrogen-bond donors (Lipinski definition) is 2. The van der Waals surface area contributed by atoms with Gasteiger partial charge in [0.2, 0.25) is 0 Å². The summed E-state index contributed by atoms with van der Waals surface area (Å²) in [5.41, 5.74) is 7.86. The summed E-state index contributed by atoms with van der Waals surface area (Å²) in [5, 5.41) is 2.87. The van der Waals surface area contributed by atoms with Crippen LogP contribution in [0.5, 0.6) is 0 Å². The number of aliphatic imine (C=N–C) groups is 1. The number of amides is 1. The molecule has 1 amide bonds. The van der Waals surface area contributed by atoms with Gasteiger partial charge in [-0.05, 0) is 29.8 Å². The van der Waals surface area contributed by atoms with E-state index in [4.69, 9.17) is 17.3 Å². The van der Waals surface area contributed by atoms with E-state index in [1.165, 1.54) is 0 Å². The summed E-state index contributed by atoms with van der Waals surface area (Å²) in [4.78, 5) is 16.1. The van der Waals surface area contributed by atoms with Gasteiger partial charge in [-0.2, -0.15) is 0 Å². The monoisotopic (exact) mass is 301 g/mol. The Morgan fingerprint density at radius 2 is 1.76 bits per heavy atom. The third kappa shape index (κ3) is 4.61. The van der Waals surface area contributed by atoms with Crippen LogP contribution in [-0.2, 0) is 6.54 Å². The highest BCUT2D eigenvalue weighted by atomic mass is 35.5. The Morgan fingerprint density at radius 1 is 1.10 bits per heavy atom. The molecule has 0 unspecified atom stereocenters. The molecule has 0 aliphatic rings. The second-order valence-corrected chi connectivity index (χ2v) is 4.72. The van der Waals surface area contributed by atoms with Crippen LogP contribution in [0, 0.1) is 0 Å². The van der Waals surface area contributed by atoms with E-state index in [0.29, 0.717) is 23.6 Å². The van der Waals surface area contributed by atoms with Crippen molar-refractivity contribution in [2.75, 3.05) is 5.88 Å². The Morgan fingerprint density at radius 3 is 2.38 bits per heavy atom. The lowest BCUT2D eigenvalue weighted by Gasteiger charge is -2.05. The number of nitrogens with zero attached hydrogens (tertiary/aromatic N) is 1. The SMILES string of the molecule is NC(CCl)=Nc1ccc(C(=O)NCc2ccccc2)cc1. The molecule has 108 valence electrons. The number of halogens is 1. The third-order valence-corrected chi connectivity index (χ3v) is 3.11. The van der Waals surface area contributed by atoms with Crippen LogP contribution in [0.25, 0.3) is 0 Å². The molecule has 3 N–H and O–H groups in total. The van der Waals surface area contributed by atoms with E-state index in [9.17, 15) is 4.79 Å². The highest BCUT2D eigenvalue weighted by Gasteiger charge is 2.05. The van der Waals surface area contributed by atoms with Crippen molar-refractivity contribution in [1.29, 1.82) is 0 Å². The summed E-state index contributed by atoms with van der Waals surface area (Å²) in [5.74, 6) is 0.400. The molecule has 2 rings (SSSR count). The zero-order chi connectivity index (χ0) is 15.1. The number of rotatable bonds is 5. The number of nitrogens with one attached hydrogen (secondary N) is 1. The highest BCUT2D eigenvalue weighted by Crippen LogP contribution is 2.13. The number of carbonyl (C=O) groups is 1. The maximum Gasteiger partial charge on any atom is 0.251 e. The van der Waals surface area contributed by atoms with Crippen LogP contribution in [0.15, 0.2) is 59.6 Å². The molecule has 0 aliphatic heterocycles. The van der Waals surface area contributed by atoms with Crippen molar-refractivity contribution in [2.45, 2.75) is 6.54 Å². The molecule has 2 aromatic carbocycles. The lowest BCUT2D eigenvalue weighted by atomic mass is 10.2. The average molecular weight is 302 g/mol. The van der Waals surface area contributed by atoms with E-state index in [1.807, 2.05) is 30.3 Å². The molecule has 4 nitrogen and oxygen atoms in total. The average Bonchev–Trinajstić information content (AvgIpc) is 2.54. The second-order valence-electron chi connectivity index (χ2n) is 4.45. The van der Waals surface area contributed by atoms with Gasteiger partial charge in [-0.25, -0.2) is 4.99 Å². The Hall–Kier alpha value is -2.33. The van der Waals surface area contributed by atoms with Gasteiger partial charge in [0.05, 0.1) is 11.6 Å². The van der Waals surface area contributed by atoms with Crippen molar-refractivity contribution in [3.05, 3.63) is 65.7 Å². The molecule has 0 saturated carbocycles. The topological polar surface area (TPSA) is 67.5 Å². The minimum atomic E-state index is -0.125. The van der Waals surface area contributed by atoms with Crippen LogP contribution < -0.4 is 11.1 Å². The first-order valence-electron chi connectivity index (χ1n) is 6.50. The normalized spacial score (nSPS) is 11.2. The summed E-state index contributed by atoms with van der Waals surface area (Å²) >= 11 is 5.56. The lowest BCUT2D eigenvalue weighted by molar-refractivity contribution is 0.0951. The summed E-state index contributed by atoms with van der Waals surface area (Å²) in [7, 11) is 0. The molecule has 0 atom stereocenters. The molecule has 0 fully saturated rings. The molecule has 0 radical (unpaired) electrons. The van der Waals surface area contributed by atoms with Crippen LogP contribution in [0.4, 0.5) is 5.69 Å². The van der Waals surface area contributed by atoms with Crippen LogP contribution in [0.2, 0.25) is 0 Å². The zero-order valence-corrected chi connectivity index (χ0v) is 12.2. The first-order chi connectivity index (χ1) is 10.2. The smallest absolute Gasteiger partial charge is 0.251 e. The van der Waals surface area contributed by atoms with Gasteiger partial charge in [-0.15, -0.1) is 11.6 Å². The molecular formula is C16H16ClN3O. The van der Waals surface area contributed by atoms with Gasteiger partial charge in [-0.1, -0.05) is 30.3 Å². The standard InChI is InChI=1S/C16H16ClN3O/c17-10-15(18)20-14-8-6-13(7-9-14)16(21)19-11-12-4-2-1-3-5-12/h1-9H,10-11H2,(H2,18,20)(H,19,21). The molecule has 0 saturated heterocycles. The Bertz CT molecular complexity index is 624. The van der Waals surface area contributed by atoms with Gasteiger partial charge in [0, 0.05) is 12.1 Å². The molecular weight excluding hydrogens is 286 g/mol. The lowest BCUT2D eigenvalue weighted by Crippen LogP contribution is -2.22. The van der Waals surface area contributed by atoms with Crippen molar-refractivity contribution in [1.82, 2.24) is 5.32 Å². The van der Waals surface area contributed by atoms with Crippen molar-refractivity contribution in [3.8, 4) is 0 Å². The first-order valence-corrected chi connectivity index (χ1v) is 7.03. The maximum absolute atomic E-state index is 12.0. The minimum Gasteiger partial charge on any atom is -0.386 e. The van der Waals surface area contributed by atoms with Gasteiger partial charge in [0.25, 0.3) is 5.91 Å². The van der Waals surface area contributed by atoms with Gasteiger partial charge >= 0.3 is 0 Å². The van der Waals surface area contributed by atoms with Gasteiger partial charge < -0.3 is 11.1 Å². The van der Waals surface area contributed by atoms with Crippen LogP contribution in [0.3, 0.4) is 0 Å². The van der Waals surface area contributed by atoms with Crippen molar-refractivity contribution >= 4 is 29.0 Å². The molecule has 5 heteroatoms. The minimum absolute atomic E-state index is 0.125. The van der Waals surface area contributed by atoms with Crippen molar-refractivity contribution < 1.29 is 4.79 Å². The molecule has 2 aromatic rings. The highest BCUT2D eigenvalue weighted by molar-refractivity contribution is 6.28. The molecule has 0 aliphatic carbocycles. The van der Waals surface area contributed by atoms with Crippen molar-refractivity contribution in [2.24, 2.45) is 10.7 Å². The fraction of sp³-hybridized carbons (Fsp3) is 0.125. The molecule has 21 heavy (non-hydrogen) atoms. The molecule has 0 heterocycles. The largest absolute Gasteiger partial charge is 0.386 e. The van der Waals surface area contributed by atoms with Gasteiger partial charge in [0.1, 0.15) is 5.84 Å². The van der Waals surface area contributed by atoms with Gasteiger partial charge in [0.15, 0.2) is 0 Å². The molecule has 0 aromatic heterocycles. The Kier molecular flexibility index (Phi) is 5.35. The van der Waals surface area contributed by atoms with E-state index in [1.54, 1.807) is 24.3 Å². The maximum atomic E-state index is 12.0. The summed E-state index contributed by atoms with van der Waals surface area (Å²) in [6, 6.07) is 16.6. The Balaban J connectivity index is 1.97. The fourth-order valence-electron chi connectivity index (χ4n) is 1.76. The van der Waals surface area contributed by atoms with E-state index in [0.717, 1.165) is 5.56 Å². The predicted molar refractivity (Wildman–Crippen MR) is 86.1 cm³/mol. The number of benzene rings is 2. The molecule has 0 bridgehead atoms. The van der Waals surface area contributed by atoms with Crippen molar-refractivity contribution in [3.63, 3.8) is 0 Å². The van der Waals surface area contributed by atoms with Crippen LogP contribution >= 0.6 is 11.6 Å². The number of alkyl halides is 1. The Labute approximate surface area is 128 Å². The third-order valence-electron chi connectivity index (χ3n) is 2.84. The predicted octanol–water partition coefficient (Wildman–Crippen LogP) is 2.84. The summed E-state index contributed by atoms with van der Waals surface area (Å²) in [6.07, 6.45) is 0. The van der Waals surface area contributed by atoms with E-state index < -0.39 is 0 Å². The van der Waals surface area contributed by atoms with Crippen LogP contribution in [-0.4, -0.2) is 17.6 Å². The van der Waals surface area contributed by atoms with E-state index in [-0.39, 0.29) is 11.8 Å². The number of hydrogen-bond acceptors (Lipinski definition) is 2. The zero-order valence-electron chi connectivity index (χ0n) is 11.4. The number of amidine groups is 1. The quantitative estimate of drug-likeness (QED) is 0.506. The fourth-order valence-corrected chi connectivity index (χ4v) is 1.82. The number of carbonyl (C=O) groups excluding carboxylic acids is 1.